The van der Waals surface area contributed by atoms with E-state index in [1.54, 1.807) is 0 Å². The van der Waals surface area contributed by atoms with Crippen LogP contribution in [0.1, 0.15) is 105 Å². The Labute approximate surface area is 258 Å². The van der Waals surface area contributed by atoms with Crippen molar-refractivity contribution in [1.29, 1.82) is 0 Å². The molecule has 0 aromatic rings. The minimum absolute atomic E-state index is 0.0340. The molecule has 2 aliphatic heterocycles. The number of fused-ring (bicyclic) bond motifs is 4. The normalized spacial score (nSPS) is 55.0. The quantitative estimate of drug-likeness (QED) is 0.454. The summed E-state index contributed by atoms with van der Waals surface area (Å²) in [6.45, 7) is 14.0. The maximum atomic E-state index is 12.8. The number of aliphatic hydroxyl groups is 2. The second-order valence-corrected chi connectivity index (χ2v) is 17.7. The van der Waals surface area contributed by atoms with Crippen LogP contribution in [0, 0.1) is 56.7 Å². The van der Waals surface area contributed by atoms with Gasteiger partial charge in [-0.25, -0.2) is 0 Å². The fraction of sp³-hybridized carbons (Fsp3) is 0.972. The third-order valence-corrected chi connectivity index (χ3v) is 15.9. The lowest BCUT2D eigenvalue weighted by molar-refractivity contribution is -0.248. The van der Waals surface area contributed by atoms with E-state index in [-0.39, 0.29) is 53.4 Å². The zero-order valence-corrected chi connectivity index (χ0v) is 27.4. The Kier molecular flexibility index (Phi) is 6.66. The number of hydrogen-bond acceptors (Lipinski definition) is 6. The predicted octanol–water partition coefficient (Wildman–Crippen LogP) is 5.16. The van der Waals surface area contributed by atoms with Gasteiger partial charge in [-0.3, -0.25) is 4.79 Å². The number of carbonyl (C=O) groups excluding carboxylic acids is 1. The lowest BCUT2D eigenvalue weighted by Gasteiger charge is -2.64. The van der Waals surface area contributed by atoms with E-state index in [9.17, 15) is 15.0 Å². The number of aliphatic hydroxyl groups excluding tert-OH is 2. The average molecular weight is 600 g/mol. The fourth-order valence-corrected chi connectivity index (χ4v) is 13.6. The van der Waals surface area contributed by atoms with Crippen LogP contribution >= 0.6 is 0 Å². The Hall–Kier alpha value is -0.730. The van der Waals surface area contributed by atoms with Gasteiger partial charge in [-0.1, -0.05) is 34.6 Å². The highest BCUT2D eigenvalue weighted by Crippen LogP contribution is 2.89. The standard InChI is InChI=1S/C36H57NO6/c1-21-16-23(19-38)42-30-29(21)33(4)12-13-36-20-35(36)11-10-26(32(2,3)24(35)8-9-25(36)34(33,5)31(30)40)43-28-18-37(14-15-41-28)27(39)17-22-6-7-22/h21-26,28-31,38,40H,6-20H2,1-5H3/t21-,23-,24+,25+,26?,28?,29?,30+,31+,33-,34-,35?,36+/m1/s1. The molecule has 0 aromatic carbocycles. The minimum Gasteiger partial charge on any atom is -0.394 e. The summed E-state index contributed by atoms with van der Waals surface area (Å²) in [5.74, 6) is 2.80. The Bertz CT molecular complexity index is 1140. The zero-order chi connectivity index (χ0) is 30.2. The van der Waals surface area contributed by atoms with Crippen molar-refractivity contribution in [3.05, 3.63) is 0 Å². The van der Waals surface area contributed by atoms with Gasteiger partial charge in [0, 0.05) is 18.4 Å². The van der Waals surface area contributed by atoms with Gasteiger partial charge in [0.25, 0.3) is 0 Å². The first kappa shape index (κ1) is 29.7. The molecular formula is C36H57NO6. The first-order valence-corrected chi connectivity index (χ1v) is 17.9. The number of hydrogen-bond donors (Lipinski definition) is 2. The number of carbonyl (C=O) groups is 1. The van der Waals surface area contributed by atoms with Crippen molar-refractivity contribution in [3.63, 3.8) is 0 Å². The van der Waals surface area contributed by atoms with Crippen LogP contribution in [0.5, 0.6) is 0 Å². The van der Waals surface area contributed by atoms with Gasteiger partial charge < -0.3 is 29.3 Å². The molecule has 8 aliphatic rings. The number of rotatable bonds is 5. The van der Waals surface area contributed by atoms with Crippen LogP contribution in [0.15, 0.2) is 0 Å². The molecular weight excluding hydrogens is 542 g/mol. The van der Waals surface area contributed by atoms with E-state index >= 15 is 0 Å². The summed E-state index contributed by atoms with van der Waals surface area (Å²) in [7, 11) is 0. The highest BCUT2D eigenvalue weighted by molar-refractivity contribution is 5.76. The lowest BCUT2D eigenvalue weighted by atomic mass is 9.41. The number of nitrogens with zero attached hydrogens (tertiary/aromatic N) is 1. The van der Waals surface area contributed by atoms with Gasteiger partial charge in [0.2, 0.25) is 5.91 Å². The molecule has 2 saturated heterocycles. The molecule has 0 radical (unpaired) electrons. The molecule has 43 heavy (non-hydrogen) atoms. The minimum atomic E-state index is -0.475. The van der Waals surface area contributed by atoms with Crippen LogP contribution in [0.2, 0.25) is 0 Å². The van der Waals surface area contributed by atoms with Crippen molar-refractivity contribution in [2.45, 2.75) is 136 Å². The van der Waals surface area contributed by atoms with E-state index in [1.165, 1.54) is 51.4 Å². The molecule has 2 spiro atoms. The maximum absolute atomic E-state index is 12.8. The number of amides is 1. The molecule has 2 N–H and O–H groups in total. The predicted molar refractivity (Wildman–Crippen MR) is 162 cm³/mol. The molecule has 8 fully saturated rings. The van der Waals surface area contributed by atoms with Crippen molar-refractivity contribution in [2.75, 3.05) is 26.3 Å². The number of morpholine rings is 1. The molecule has 2 heterocycles. The second kappa shape index (κ2) is 9.65. The summed E-state index contributed by atoms with van der Waals surface area (Å²) in [5, 5.41) is 22.2. The summed E-state index contributed by atoms with van der Waals surface area (Å²) in [6.07, 6.45) is 11.4. The van der Waals surface area contributed by atoms with E-state index in [0.717, 1.165) is 12.8 Å². The highest BCUT2D eigenvalue weighted by atomic mass is 16.7. The van der Waals surface area contributed by atoms with Gasteiger partial charge >= 0.3 is 0 Å². The third-order valence-electron chi connectivity index (χ3n) is 15.9. The van der Waals surface area contributed by atoms with Crippen molar-refractivity contribution < 1.29 is 29.2 Å². The van der Waals surface area contributed by atoms with Crippen LogP contribution in [0.25, 0.3) is 0 Å². The van der Waals surface area contributed by atoms with Crippen molar-refractivity contribution in [2.24, 2.45) is 56.7 Å². The SMILES string of the molecule is C[C@@H]1C[C@H](CO)O[C@H]2C1[C@@]1(C)CC[C@@]34CC35CCC(OC3CN(C(=O)CC6CC6)CCO3)C(C)(C)[C@@H]5CC[C@H]4[C@]1(C)[C@H]2O. The summed E-state index contributed by atoms with van der Waals surface area (Å²) in [5.41, 5.74) is 0.578. The largest absolute Gasteiger partial charge is 0.394 e. The van der Waals surface area contributed by atoms with Crippen LogP contribution < -0.4 is 0 Å². The van der Waals surface area contributed by atoms with Gasteiger partial charge in [-0.15, -0.1) is 0 Å². The molecule has 0 aromatic heterocycles. The van der Waals surface area contributed by atoms with Crippen LogP contribution in [0.3, 0.4) is 0 Å². The molecule has 4 unspecified atom stereocenters. The third kappa shape index (κ3) is 3.87. The Morgan fingerprint density at radius 2 is 1.74 bits per heavy atom. The topological polar surface area (TPSA) is 88.5 Å². The molecule has 1 amide bonds. The van der Waals surface area contributed by atoms with E-state index < -0.39 is 6.10 Å². The second-order valence-electron chi connectivity index (χ2n) is 17.7. The molecule has 7 nitrogen and oxygen atoms in total. The molecule has 6 saturated carbocycles. The van der Waals surface area contributed by atoms with E-state index in [2.05, 4.69) is 34.6 Å². The van der Waals surface area contributed by atoms with Gasteiger partial charge in [0.15, 0.2) is 6.29 Å². The number of ether oxygens (including phenoxy) is 3. The zero-order valence-electron chi connectivity index (χ0n) is 27.4. The van der Waals surface area contributed by atoms with Crippen LogP contribution in [-0.4, -0.2) is 78.0 Å². The molecule has 6 aliphatic carbocycles. The maximum Gasteiger partial charge on any atom is 0.223 e. The Morgan fingerprint density at radius 3 is 2.49 bits per heavy atom. The Morgan fingerprint density at radius 1 is 1.00 bits per heavy atom. The monoisotopic (exact) mass is 599 g/mol. The van der Waals surface area contributed by atoms with Crippen LogP contribution in [0.4, 0.5) is 0 Å². The van der Waals surface area contributed by atoms with Gasteiger partial charge in [-0.05, 0) is 115 Å². The lowest BCUT2D eigenvalue weighted by Crippen LogP contribution is -2.60. The molecule has 8 rings (SSSR count). The molecule has 13 atom stereocenters. The smallest absolute Gasteiger partial charge is 0.223 e. The van der Waals surface area contributed by atoms with Crippen molar-refractivity contribution in [3.8, 4) is 0 Å². The van der Waals surface area contributed by atoms with Crippen molar-refractivity contribution in [1.82, 2.24) is 4.90 Å². The first-order valence-electron chi connectivity index (χ1n) is 17.9. The summed E-state index contributed by atoms with van der Waals surface area (Å²) in [6, 6.07) is 0. The van der Waals surface area contributed by atoms with Crippen molar-refractivity contribution >= 4 is 5.91 Å². The van der Waals surface area contributed by atoms with E-state index in [0.29, 0.717) is 66.5 Å². The molecule has 7 heteroatoms. The summed E-state index contributed by atoms with van der Waals surface area (Å²) < 4.78 is 19.4. The Balaban J connectivity index is 1.01. The first-order chi connectivity index (χ1) is 20.4. The molecule has 242 valence electrons. The summed E-state index contributed by atoms with van der Waals surface area (Å²) >= 11 is 0. The van der Waals surface area contributed by atoms with E-state index in [4.69, 9.17) is 14.2 Å². The van der Waals surface area contributed by atoms with Crippen LogP contribution in [-0.2, 0) is 19.0 Å². The molecule has 0 bridgehead atoms. The van der Waals surface area contributed by atoms with Gasteiger partial charge in [0.1, 0.15) is 0 Å². The fourth-order valence-electron chi connectivity index (χ4n) is 13.6. The van der Waals surface area contributed by atoms with Gasteiger partial charge in [-0.2, -0.15) is 0 Å². The summed E-state index contributed by atoms with van der Waals surface area (Å²) in [4.78, 5) is 14.8. The van der Waals surface area contributed by atoms with E-state index in [1.807, 2.05) is 4.90 Å². The van der Waals surface area contributed by atoms with Gasteiger partial charge in [0.05, 0.1) is 44.2 Å². The highest BCUT2D eigenvalue weighted by Gasteiger charge is 2.84. The average Bonchev–Trinajstić information content (AvgIpc) is 3.90.